The van der Waals surface area contributed by atoms with E-state index in [4.69, 9.17) is 17.3 Å². The fourth-order valence-corrected chi connectivity index (χ4v) is 2.26. The van der Waals surface area contributed by atoms with Crippen molar-refractivity contribution in [1.82, 2.24) is 9.78 Å². The lowest BCUT2D eigenvalue weighted by molar-refractivity contribution is 0.551. The molecule has 1 unspecified atom stereocenters. The molecule has 5 heteroatoms. The molecule has 1 atom stereocenters. The Morgan fingerprint density at radius 2 is 2.00 bits per heavy atom. The van der Waals surface area contributed by atoms with E-state index in [0.29, 0.717) is 17.1 Å². The Labute approximate surface area is 123 Å². The summed E-state index contributed by atoms with van der Waals surface area (Å²) in [5.41, 5.74) is 8.31. The molecule has 0 saturated carbocycles. The lowest BCUT2D eigenvalue weighted by Gasteiger charge is -2.14. The molecule has 0 spiro atoms. The summed E-state index contributed by atoms with van der Waals surface area (Å²) >= 11 is 5.87. The number of nitrogens with two attached hydrogens (primary N) is 1. The van der Waals surface area contributed by atoms with Gasteiger partial charge in [-0.3, -0.25) is 4.79 Å². The maximum atomic E-state index is 12.4. The van der Waals surface area contributed by atoms with Gasteiger partial charge in [-0.15, -0.1) is 0 Å². The van der Waals surface area contributed by atoms with Crippen molar-refractivity contribution < 1.29 is 0 Å². The molecule has 0 amide bonds. The van der Waals surface area contributed by atoms with Crippen LogP contribution in [-0.2, 0) is 6.54 Å². The summed E-state index contributed by atoms with van der Waals surface area (Å²) < 4.78 is 1.49. The van der Waals surface area contributed by atoms with Crippen molar-refractivity contribution in [1.29, 1.82) is 0 Å². The van der Waals surface area contributed by atoms with Crippen molar-refractivity contribution in [3.05, 3.63) is 62.5 Å². The first-order valence-electron chi connectivity index (χ1n) is 6.62. The molecule has 20 heavy (non-hydrogen) atoms. The minimum Gasteiger partial charge on any atom is -0.320 e. The molecule has 1 aromatic heterocycles. The smallest absolute Gasteiger partial charge is 0.271 e. The number of rotatable bonds is 4. The SMILES string of the molecule is CCCn1nc(C)cc(C(N)c2ccc(Cl)cc2)c1=O. The topological polar surface area (TPSA) is 60.9 Å². The van der Waals surface area contributed by atoms with Gasteiger partial charge in [0.25, 0.3) is 5.56 Å². The van der Waals surface area contributed by atoms with Crippen molar-refractivity contribution in [3.8, 4) is 0 Å². The zero-order chi connectivity index (χ0) is 14.7. The van der Waals surface area contributed by atoms with Gasteiger partial charge in [-0.2, -0.15) is 5.10 Å². The van der Waals surface area contributed by atoms with E-state index in [1.54, 1.807) is 18.2 Å². The van der Waals surface area contributed by atoms with E-state index in [1.165, 1.54) is 4.68 Å². The van der Waals surface area contributed by atoms with E-state index in [-0.39, 0.29) is 5.56 Å². The maximum Gasteiger partial charge on any atom is 0.271 e. The van der Waals surface area contributed by atoms with Crippen LogP contribution in [-0.4, -0.2) is 9.78 Å². The van der Waals surface area contributed by atoms with Gasteiger partial charge in [-0.05, 0) is 37.1 Å². The van der Waals surface area contributed by atoms with Gasteiger partial charge in [0.2, 0.25) is 0 Å². The van der Waals surface area contributed by atoms with Crippen LogP contribution >= 0.6 is 11.6 Å². The van der Waals surface area contributed by atoms with Gasteiger partial charge >= 0.3 is 0 Å². The predicted molar refractivity (Wildman–Crippen MR) is 81.0 cm³/mol. The highest BCUT2D eigenvalue weighted by molar-refractivity contribution is 6.30. The summed E-state index contributed by atoms with van der Waals surface area (Å²) in [7, 11) is 0. The lowest BCUT2D eigenvalue weighted by Crippen LogP contribution is -2.31. The number of benzene rings is 1. The van der Waals surface area contributed by atoms with Crippen molar-refractivity contribution in [2.24, 2.45) is 5.73 Å². The van der Waals surface area contributed by atoms with Gasteiger partial charge in [0.05, 0.1) is 11.7 Å². The van der Waals surface area contributed by atoms with E-state index < -0.39 is 6.04 Å². The number of hydrogen-bond donors (Lipinski definition) is 1. The summed E-state index contributed by atoms with van der Waals surface area (Å²) in [6.07, 6.45) is 0.853. The van der Waals surface area contributed by atoms with Gasteiger partial charge in [-0.25, -0.2) is 4.68 Å². The number of nitrogens with zero attached hydrogens (tertiary/aromatic N) is 2. The fourth-order valence-electron chi connectivity index (χ4n) is 2.14. The van der Waals surface area contributed by atoms with Crippen molar-refractivity contribution in [2.75, 3.05) is 0 Å². The second-order valence-corrected chi connectivity index (χ2v) is 5.24. The van der Waals surface area contributed by atoms with Crippen molar-refractivity contribution >= 4 is 11.6 Å². The van der Waals surface area contributed by atoms with Crippen LogP contribution in [0.5, 0.6) is 0 Å². The molecule has 0 fully saturated rings. The summed E-state index contributed by atoms with van der Waals surface area (Å²) in [6, 6.07) is 8.52. The molecule has 2 N–H and O–H groups in total. The Morgan fingerprint density at radius 3 is 2.60 bits per heavy atom. The Kier molecular flexibility index (Phi) is 4.57. The first-order valence-corrected chi connectivity index (χ1v) is 7.00. The Balaban J connectivity index is 2.46. The number of aromatic nitrogens is 2. The van der Waals surface area contributed by atoms with Crippen LogP contribution in [0.3, 0.4) is 0 Å². The molecule has 2 rings (SSSR count). The average molecular weight is 292 g/mol. The van der Waals surface area contributed by atoms with Crippen molar-refractivity contribution in [3.63, 3.8) is 0 Å². The van der Waals surface area contributed by atoms with Gasteiger partial charge in [0.1, 0.15) is 0 Å². The number of hydrogen-bond acceptors (Lipinski definition) is 3. The van der Waals surface area contributed by atoms with E-state index >= 15 is 0 Å². The molecular formula is C15H18ClN3O. The van der Waals surface area contributed by atoms with Crippen molar-refractivity contribution in [2.45, 2.75) is 32.9 Å². The summed E-state index contributed by atoms with van der Waals surface area (Å²) in [6.45, 7) is 4.47. The van der Waals surface area contributed by atoms with Gasteiger partial charge < -0.3 is 5.73 Å². The molecule has 0 aliphatic rings. The summed E-state index contributed by atoms with van der Waals surface area (Å²) in [5.74, 6) is 0. The predicted octanol–water partition coefficient (Wildman–Crippen LogP) is 2.66. The standard InChI is InChI=1S/C15H18ClN3O/c1-3-8-19-15(20)13(9-10(2)18-19)14(17)11-4-6-12(16)7-5-11/h4-7,9,14H,3,8,17H2,1-2H3. The highest BCUT2D eigenvalue weighted by Gasteiger charge is 2.15. The first kappa shape index (κ1) is 14.8. The van der Waals surface area contributed by atoms with Gasteiger partial charge in [0.15, 0.2) is 0 Å². The summed E-state index contributed by atoms with van der Waals surface area (Å²) in [5, 5.41) is 4.89. The van der Waals surface area contributed by atoms with Crippen LogP contribution in [0.15, 0.2) is 35.1 Å². The molecule has 4 nitrogen and oxygen atoms in total. The van der Waals surface area contributed by atoms with E-state index in [0.717, 1.165) is 17.7 Å². The van der Waals surface area contributed by atoms with E-state index in [1.807, 2.05) is 26.0 Å². The van der Waals surface area contributed by atoms with Crippen LogP contribution in [0.2, 0.25) is 5.02 Å². The third kappa shape index (κ3) is 3.08. The first-order chi connectivity index (χ1) is 9.52. The summed E-state index contributed by atoms with van der Waals surface area (Å²) in [4.78, 5) is 12.4. The molecule has 2 aromatic rings. The van der Waals surface area contributed by atoms with Gasteiger partial charge in [0, 0.05) is 17.1 Å². The zero-order valence-electron chi connectivity index (χ0n) is 11.6. The maximum absolute atomic E-state index is 12.4. The fraction of sp³-hybridized carbons (Fsp3) is 0.333. The second-order valence-electron chi connectivity index (χ2n) is 4.80. The second kappa shape index (κ2) is 6.20. The normalized spacial score (nSPS) is 12.4. The average Bonchev–Trinajstić information content (AvgIpc) is 2.43. The highest BCUT2D eigenvalue weighted by atomic mass is 35.5. The molecule has 0 bridgehead atoms. The zero-order valence-corrected chi connectivity index (χ0v) is 12.4. The van der Waals surface area contributed by atoms with E-state index in [9.17, 15) is 4.79 Å². The Morgan fingerprint density at radius 1 is 1.35 bits per heavy atom. The molecule has 1 heterocycles. The number of aryl methyl sites for hydroxylation is 2. The molecule has 0 aliphatic heterocycles. The minimum absolute atomic E-state index is 0.125. The minimum atomic E-state index is -0.468. The molecule has 106 valence electrons. The molecular weight excluding hydrogens is 274 g/mol. The largest absolute Gasteiger partial charge is 0.320 e. The van der Waals surface area contributed by atoms with E-state index in [2.05, 4.69) is 5.10 Å². The van der Waals surface area contributed by atoms with Gasteiger partial charge in [-0.1, -0.05) is 30.7 Å². The third-order valence-corrected chi connectivity index (χ3v) is 3.38. The lowest BCUT2D eigenvalue weighted by atomic mass is 10.0. The molecule has 0 radical (unpaired) electrons. The molecule has 0 aliphatic carbocycles. The molecule has 1 aromatic carbocycles. The monoisotopic (exact) mass is 291 g/mol. The Bertz CT molecular complexity index is 649. The van der Waals surface area contributed by atoms with Crippen LogP contribution in [0.25, 0.3) is 0 Å². The third-order valence-electron chi connectivity index (χ3n) is 3.12. The van der Waals surface area contributed by atoms with Crippen LogP contribution < -0.4 is 11.3 Å². The molecule has 0 saturated heterocycles. The highest BCUT2D eigenvalue weighted by Crippen LogP contribution is 2.19. The Hall–Kier alpha value is -1.65. The number of halogens is 1. The van der Waals surface area contributed by atoms with Crippen LogP contribution in [0, 0.1) is 6.92 Å². The van der Waals surface area contributed by atoms with Crippen LogP contribution in [0.4, 0.5) is 0 Å². The quantitative estimate of drug-likeness (QED) is 0.942. The van der Waals surface area contributed by atoms with Crippen LogP contribution in [0.1, 0.15) is 36.2 Å².